The Kier molecular flexibility index (Phi) is 4.11. The van der Waals surface area contributed by atoms with Crippen molar-refractivity contribution in [2.75, 3.05) is 6.61 Å². The Morgan fingerprint density at radius 3 is 3.00 bits per heavy atom. The molecule has 1 unspecified atom stereocenters. The molecule has 1 N–H and O–H groups in total. The largest absolute Gasteiger partial charge is 0.494 e. The molecule has 0 radical (unpaired) electrons. The van der Waals surface area contributed by atoms with Gasteiger partial charge < -0.3 is 9.84 Å². The van der Waals surface area contributed by atoms with Crippen molar-refractivity contribution < 1.29 is 9.84 Å². The summed E-state index contributed by atoms with van der Waals surface area (Å²) in [5.41, 5.74) is 1.88. The molecule has 102 valence electrons. The summed E-state index contributed by atoms with van der Waals surface area (Å²) >= 11 is 0. The third kappa shape index (κ3) is 3.48. The van der Waals surface area contributed by atoms with Gasteiger partial charge in [0.25, 0.3) is 0 Å². The van der Waals surface area contributed by atoms with Gasteiger partial charge in [0.05, 0.1) is 24.2 Å². The summed E-state index contributed by atoms with van der Waals surface area (Å²) < 4.78 is 5.70. The van der Waals surface area contributed by atoms with Crippen molar-refractivity contribution in [1.82, 2.24) is 0 Å². The van der Waals surface area contributed by atoms with Gasteiger partial charge in [-0.1, -0.05) is 6.07 Å². The molecule has 0 spiro atoms. The minimum atomic E-state index is -0.358. The van der Waals surface area contributed by atoms with Gasteiger partial charge in [0, 0.05) is 0 Å². The highest BCUT2D eigenvalue weighted by molar-refractivity contribution is 5.38. The SMILES string of the molecule is CC(C)(C#N)CCOc1ccc2c(c1)C(O)CCC2. The molecule has 2 rings (SSSR count). The molecule has 0 bridgehead atoms. The average molecular weight is 259 g/mol. The summed E-state index contributed by atoms with van der Waals surface area (Å²) in [5.74, 6) is 0.786. The first-order valence-electron chi connectivity index (χ1n) is 6.87. The van der Waals surface area contributed by atoms with Crippen LogP contribution in [0.4, 0.5) is 0 Å². The summed E-state index contributed by atoms with van der Waals surface area (Å²) in [4.78, 5) is 0. The van der Waals surface area contributed by atoms with E-state index in [0.717, 1.165) is 30.6 Å². The zero-order valence-electron chi connectivity index (χ0n) is 11.6. The molecule has 0 fully saturated rings. The number of nitriles is 1. The van der Waals surface area contributed by atoms with Crippen LogP contribution in [0.25, 0.3) is 0 Å². The van der Waals surface area contributed by atoms with Crippen LogP contribution in [0.2, 0.25) is 0 Å². The first-order chi connectivity index (χ1) is 9.02. The van der Waals surface area contributed by atoms with E-state index in [1.807, 2.05) is 32.0 Å². The molecule has 3 heteroatoms. The van der Waals surface area contributed by atoms with E-state index in [9.17, 15) is 5.11 Å². The summed E-state index contributed by atoms with van der Waals surface area (Å²) in [6, 6.07) is 8.21. The molecule has 0 saturated carbocycles. The molecular formula is C16H21NO2. The molecule has 3 nitrogen and oxygen atoms in total. The fraction of sp³-hybridized carbons (Fsp3) is 0.562. The van der Waals surface area contributed by atoms with E-state index in [1.165, 1.54) is 5.56 Å². The van der Waals surface area contributed by atoms with Crippen molar-refractivity contribution in [2.24, 2.45) is 5.41 Å². The fourth-order valence-electron chi connectivity index (χ4n) is 2.32. The lowest BCUT2D eigenvalue weighted by Gasteiger charge is -2.22. The van der Waals surface area contributed by atoms with Crippen LogP contribution in [0, 0.1) is 16.7 Å². The number of ether oxygens (including phenoxy) is 1. The van der Waals surface area contributed by atoms with Crippen molar-refractivity contribution in [2.45, 2.75) is 45.6 Å². The van der Waals surface area contributed by atoms with E-state index in [0.29, 0.717) is 13.0 Å². The number of nitrogens with zero attached hydrogens (tertiary/aromatic N) is 1. The van der Waals surface area contributed by atoms with Crippen molar-refractivity contribution >= 4 is 0 Å². The lowest BCUT2D eigenvalue weighted by atomic mass is 9.89. The van der Waals surface area contributed by atoms with E-state index < -0.39 is 0 Å². The van der Waals surface area contributed by atoms with E-state index in [-0.39, 0.29) is 11.5 Å². The van der Waals surface area contributed by atoms with Crippen molar-refractivity contribution in [3.63, 3.8) is 0 Å². The monoisotopic (exact) mass is 259 g/mol. The molecule has 0 aromatic heterocycles. The summed E-state index contributed by atoms with van der Waals surface area (Å²) in [7, 11) is 0. The molecule has 0 heterocycles. The Morgan fingerprint density at radius 1 is 1.47 bits per heavy atom. The maximum absolute atomic E-state index is 9.98. The molecule has 0 saturated heterocycles. The normalized spacial score (nSPS) is 18.5. The van der Waals surface area contributed by atoms with Crippen molar-refractivity contribution in [3.05, 3.63) is 29.3 Å². The van der Waals surface area contributed by atoms with Gasteiger partial charge in [0.15, 0.2) is 0 Å². The Hall–Kier alpha value is -1.53. The number of fused-ring (bicyclic) bond motifs is 1. The van der Waals surface area contributed by atoms with Crippen LogP contribution in [-0.2, 0) is 6.42 Å². The molecular weight excluding hydrogens is 238 g/mol. The van der Waals surface area contributed by atoms with Gasteiger partial charge in [-0.2, -0.15) is 5.26 Å². The van der Waals surface area contributed by atoms with Crippen molar-refractivity contribution in [1.29, 1.82) is 5.26 Å². The Labute approximate surface area is 114 Å². The molecule has 0 amide bonds. The van der Waals surface area contributed by atoms with Gasteiger partial charge in [-0.15, -0.1) is 0 Å². The molecule has 1 aliphatic rings. The topological polar surface area (TPSA) is 53.2 Å². The fourth-order valence-corrected chi connectivity index (χ4v) is 2.32. The molecule has 1 aromatic rings. The standard InChI is InChI=1S/C16H21NO2/c1-16(2,11-17)8-9-19-13-7-6-12-4-3-5-15(18)14(12)10-13/h6-7,10,15,18H,3-5,8-9H2,1-2H3. The zero-order valence-corrected chi connectivity index (χ0v) is 11.6. The second kappa shape index (κ2) is 5.63. The van der Waals surface area contributed by atoms with E-state index in [4.69, 9.17) is 10.00 Å². The Balaban J connectivity index is 1.99. The van der Waals surface area contributed by atoms with Gasteiger partial charge >= 0.3 is 0 Å². The third-order valence-corrected chi connectivity index (χ3v) is 3.70. The van der Waals surface area contributed by atoms with E-state index in [1.54, 1.807) is 0 Å². The van der Waals surface area contributed by atoms with Crippen LogP contribution in [0.1, 0.15) is 50.3 Å². The number of aryl methyl sites for hydroxylation is 1. The van der Waals surface area contributed by atoms with Gasteiger partial charge in [-0.05, 0) is 62.8 Å². The van der Waals surface area contributed by atoms with Crippen LogP contribution in [-0.4, -0.2) is 11.7 Å². The number of aliphatic hydroxyl groups excluding tert-OH is 1. The lowest BCUT2D eigenvalue weighted by Crippen LogP contribution is -2.14. The average Bonchev–Trinajstić information content (AvgIpc) is 2.39. The second-order valence-corrected chi connectivity index (χ2v) is 5.86. The number of hydrogen-bond donors (Lipinski definition) is 1. The minimum absolute atomic E-state index is 0.353. The Morgan fingerprint density at radius 2 is 2.26 bits per heavy atom. The van der Waals surface area contributed by atoms with Crippen LogP contribution < -0.4 is 4.74 Å². The molecule has 19 heavy (non-hydrogen) atoms. The summed E-state index contributed by atoms with van der Waals surface area (Å²) in [5, 5.41) is 18.9. The van der Waals surface area contributed by atoms with Gasteiger partial charge in [-0.3, -0.25) is 0 Å². The number of rotatable bonds is 4. The molecule has 1 aliphatic carbocycles. The van der Waals surface area contributed by atoms with Gasteiger partial charge in [-0.25, -0.2) is 0 Å². The maximum Gasteiger partial charge on any atom is 0.119 e. The van der Waals surface area contributed by atoms with Crippen LogP contribution >= 0.6 is 0 Å². The van der Waals surface area contributed by atoms with Crippen LogP contribution in [0.15, 0.2) is 18.2 Å². The number of benzene rings is 1. The first-order valence-corrected chi connectivity index (χ1v) is 6.87. The number of hydrogen-bond acceptors (Lipinski definition) is 3. The first kappa shape index (κ1) is 13.9. The minimum Gasteiger partial charge on any atom is -0.494 e. The van der Waals surface area contributed by atoms with Crippen LogP contribution in [0.5, 0.6) is 5.75 Å². The molecule has 1 atom stereocenters. The zero-order chi connectivity index (χ0) is 13.9. The van der Waals surface area contributed by atoms with Crippen molar-refractivity contribution in [3.8, 4) is 11.8 Å². The van der Waals surface area contributed by atoms with Crippen LogP contribution in [0.3, 0.4) is 0 Å². The Bertz CT molecular complexity index is 488. The summed E-state index contributed by atoms with van der Waals surface area (Å²) in [6.45, 7) is 4.34. The highest BCUT2D eigenvalue weighted by Gasteiger charge is 2.19. The smallest absolute Gasteiger partial charge is 0.119 e. The second-order valence-electron chi connectivity index (χ2n) is 5.86. The van der Waals surface area contributed by atoms with Gasteiger partial charge in [0.2, 0.25) is 0 Å². The molecule has 1 aromatic carbocycles. The summed E-state index contributed by atoms with van der Waals surface area (Å²) in [6.07, 6.45) is 3.25. The lowest BCUT2D eigenvalue weighted by molar-refractivity contribution is 0.156. The van der Waals surface area contributed by atoms with E-state index in [2.05, 4.69) is 6.07 Å². The van der Waals surface area contributed by atoms with Gasteiger partial charge in [0.1, 0.15) is 5.75 Å². The molecule has 0 aliphatic heterocycles. The maximum atomic E-state index is 9.98. The highest BCUT2D eigenvalue weighted by Crippen LogP contribution is 2.32. The van der Waals surface area contributed by atoms with E-state index >= 15 is 0 Å². The quantitative estimate of drug-likeness (QED) is 0.901. The predicted octanol–water partition coefficient (Wildman–Crippen LogP) is 3.37. The highest BCUT2D eigenvalue weighted by atomic mass is 16.5. The number of aliphatic hydroxyl groups is 1. The third-order valence-electron chi connectivity index (χ3n) is 3.70. The predicted molar refractivity (Wildman–Crippen MR) is 73.8 cm³/mol.